The van der Waals surface area contributed by atoms with Gasteiger partial charge in [0.15, 0.2) is 11.6 Å². The Morgan fingerprint density at radius 3 is 1.51 bits per heavy atom. The van der Waals surface area contributed by atoms with E-state index >= 15 is 0 Å². The average Bonchev–Trinajstić information content (AvgIpc) is 2.97. The Bertz CT molecular complexity index is 1290. The molecule has 0 N–H and O–H groups in total. The Morgan fingerprint density at radius 1 is 0.487 bits per heavy atom. The Morgan fingerprint density at radius 2 is 0.974 bits per heavy atom. The maximum Gasteiger partial charge on any atom is 0.201 e. The van der Waals surface area contributed by atoms with Crippen LogP contribution in [-0.4, -0.2) is 6.61 Å². The Labute approximate surface area is 232 Å². The Kier molecular flexibility index (Phi) is 10.7. The molecule has 4 aromatic rings. The van der Waals surface area contributed by atoms with E-state index in [1.165, 1.54) is 48.4 Å². The summed E-state index contributed by atoms with van der Waals surface area (Å²) in [6, 6.07) is 27.9. The van der Waals surface area contributed by atoms with Gasteiger partial charge in [-0.3, -0.25) is 0 Å². The molecule has 0 atom stereocenters. The van der Waals surface area contributed by atoms with E-state index in [9.17, 15) is 8.78 Å². The molecule has 0 saturated carbocycles. The molecule has 0 radical (unpaired) electrons. The fourth-order valence-corrected chi connectivity index (χ4v) is 4.96. The molecule has 4 aromatic carbocycles. The van der Waals surface area contributed by atoms with Gasteiger partial charge in [-0.25, -0.2) is 4.39 Å². The third-order valence-electron chi connectivity index (χ3n) is 7.29. The first-order chi connectivity index (χ1) is 19.1. The number of ether oxygens (including phenoxy) is 1. The van der Waals surface area contributed by atoms with Gasteiger partial charge in [-0.1, -0.05) is 132 Å². The van der Waals surface area contributed by atoms with E-state index < -0.39 is 11.6 Å². The van der Waals surface area contributed by atoms with Gasteiger partial charge in [0.05, 0.1) is 6.61 Å². The number of rotatable bonds is 14. The van der Waals surface area contributed by atoms with Crippen molar-refractivity contribution in [2.24, 2.45) is 0 Å². The van der Waals surface area contributed by atoms with Crippen molar-refractivity contribution in [3.63, 3.8) is 0 Å². The van der Waals surface area contributed by atoms with Crippen LogP contribution in [0, 0.1) is 11.6 Å². The van der Waals surface area contributed by atoms with Crippen LogP contribution < -0.4 is 4.74 Å². The second kappa shape index (κ2) is 14.6. The predicted molar refractivity (Wildman–Crippen MR) is 160 cm³/mol. The summed E-state index contributed by atoms with van der Waals surface area (Å²) in [4.78, 5) is 0. The number of halogens is 2. The van der Waals surface area contributed by atoms with Gasteiger partial charge >= 0.3 is 0 Å². The summed E-state index contributed by atoms with van der Waals surface area (Å²) in [5, 5.41) is 0. The molecule has 0 aliphatic rings. The second-order valence-electron chi connectivity index (χ2n) is 10.3. The number of hydrogen-bond acceptors (Lipinski definition) is 1. The standard InChI is InChI=1S/C36H40F2O/c1-3-5-6-7-8-9-10-26-39-34-25-24-33(35(37)36(34)38)32-22-20-31(21-23-32)30-18-16-29(17-19-30)28-14-12-27(11-4-2)13-15-28/h12-25H,3-11,26H2,1-2H3. The lowest BCUT2D eigenvalue weighted by Gasteiger charge is -2.11. The minimum absolute atomic E-state index is 0.0149. The molecule has 0 saturated heterocycles. The van der Waals surface area contributed by atoms with Crippen molar-refractivity contribution in [1.29, 1.82) is 0 Å². The van der Waals surface area contributed by atoms with Gasteiger partial charge in [0, 0.05) is 5.56 Å². The maximum atomic E-state index is 14.9. The molecular weight excluding hydrogens is 486 g/mol. The highest BCUT2D eigenvalue weighted by Crippen LogP contribution is 2.32. The first-order valence-corrected chi connectivity index (χ1v) is 14.5. The van der Waals surface area contributed by atoms with Crippen LogP contribution in [0.5, 0.6) is 5.75 Å². The van der Waals surface area contributed by atoms with Gasteiger partial charge in [0.1, 0.15) is 0 Å². The zero-order valence-electron chi connectivity index (χ0n) is 23.3. The van der Waals surface area contributed by atoms with Gasteiger partial charge < -0.3 is 4.74 Å². The van der Waals surface area contributed by atoms with Crippen molar-refractivity contribution in [2.45, 2.75) is 71.6 Å². The lowest BCUT2D eigenvalue weighted by molar-refractivity contribution is 0.285. The van der Waals surface area contributed by atoms with Crippen LogP contribution in [0.3, 0.4) is 0 Å². The molecule has 39 heavy (non-hydrogen) atoms. The summed E-state index contributed by atoms with van der Waals surface area (Å²) in [5.74, 6) is -1.80. The third-order valence-corrected chi connectivity index (χ3v) is 7.29. The van der Waals surface area contributed by atoms with Crippen molar-refractivity contribution in [1.82, 2.24) is 0 Å². The number of aryl methyl sites for hydroxylation is 1. The van der Waals surface area contributed by atoms with Crippen molar-refractivity contribution in [2.75, 3.05) is 6.61 Å². The molecule has 0 fully saturated rings. The highest BCUT2D eigenvalue weighted by atomic mass is 19.2. The molecule has 4 rings (SSSR count). The Hall–Kier alpha value is -3.46. The first-order valence-electron chi connectivity index (χ1n) is 14.5. The number of hydrogen-bond donors (Lipinski definition) is 0. The molecule has 0 amide bonds. The predicted octanol–water partition coefficient (Wildman–Crippen LogP) is 11.0. The minimum atomic E-state index is -0.919. The van der Waals surface area contributed by atoms with Crippen LogP contribution >= 0.6 is 0 Å². The van der Waals surface area contributed by atoms with Crippen LogP contribution in [0.4, 0.5) is 8.78 Å². The highest BCUT2D eigenvalue weighted by Gasteiger charge is 2.16. The summed E-state index contributed by atoms with van der Waals surface area (Å²) in [5.41, 5.74) is 6.71. The topological polar surface area (TPSA) is 9.23 Å². The molecule has 0 aromatic heterocycles. The highest BCUT2D eigenvalue weighted by molar-refractivity contribution is 5.73. The van der Waals surface area contributed by atoms with Crippen molar-refractivity contribution >= 4 is 0 Å². The van der Waals surface area contributed by atoms with Crippen molar-refractivity contribution in [3.05, 3.63) is 102 Å². The fraction of sp³-hybridized carbons (Fsp3) is 0.333. The summed E-state index contributed by atoms with van der Waals surface area (Å²) < 4.78 is 35.2. The van der Waals surface area contributed by atoms with E-state index in [1.54, 1.807) is 6.07 Å². The zero-order chi connectivity index (χ0) is 27.5. The van der Waals surface area contributed by atoms with Crippen molar-refractivity contribution < 1.29 is 13.5 Å². The normalized spacial score (nSPS) is 11.1. The maximum absolute atomic E-state index is 14.9. The summed E-state index contributed by atoms with van der Waals surface area (Å²) in [7, 11) is 0. The molecule has 0 bridgehead atoms. The molecule has 0 aliphatic heterocycles. The van der Waals surface area contributed by atoms with E-state index in [0.717, 1.165) is 43.2 Å². The monoisotopic (exact) mass is 526 g/mol. The molecule has 0 spiro atoms. The molecule has 0 unspecified atom stereocenters. The van der Waals surface area contributed by atoms with Crippen LogP contribution in [-0.2, 0) is 6.42 Å². The SMILES string of the molecule is CCCCCCCCCOc1ccc(-c2ccc(-c3ccc(-c4ccc(CCC)cc4)cc3)cc2)c(F)c1F. The first kappa shape index (κ1) is 28.5. The number of unbranched alkanes of at least 4 members (excludes halogenated alkanes) is 6. The van der Waals surface area contributed by atoms with Gasteiger partial charge in [0.2, 0.25) is 5.82 Å². The Balaban J connectivity index is 1.36. The van der Waals surface area contributed by atoms with Gasteiger partial charge in [-0.05, 0) is 58.4 Å². The lowest BCUT2D eigenvalue weighted by Crippen LogP contribution is -2.01. The van der Waals surface area contributed by atoms with E-state index in [1.807, 2.05) is 24.3 Å². The van der Waals surface area contributed by atoms with E-state index in [4.69, 9.17) is 4.74 Å². The summed E-state index contributed by atoms with van der Waals surface area (Å²) in [6.45, 7) is 4.80. The second-order valence-corrected chi connectivity index (χ2v) is 10.3. The van der Waals surface area contributed by atoms with E-state index in [2.05, 4.69) is 62.4 Å². The molecular formula is C36H40F2O. The molecule has 1 nitrogen and oxygen atoms in total. The van der Waals surface area contributed by atoms with Crippen LogP contribution in [0.1, 0.15) is 70.8 Å². The van der Waals surface area contributed by atoms with E-state index in [-0.39, 0.29) is 11.3 Å². The van der Waals surface area contributed by atoms with Gasteiger partial charge in [0.25, 0.3) is 0 Å². The van der Waals surface area contributed by atoms with E-state index in [0.29, 0.717) is 12.2 Å². The quantitative estimate of drug-likeness (QED) is 0.148. The summed E-state index contributed by atoms with van der Waals surface area (Å²) in [6.07, 6.45) is 10.3. The average molecular weight is 527 g/mol. The van der Waals surface area contributed by atoms with Gasteiger partial charge in [-0.2, -0.15) is 4.39 Å². The molecule has 3 heteroatoms. The minimum Gasteiger partial charge on any atom is -0.490 e. The smallest absolute Gasteiger partial charge is 0.201 e. The van der Waals surface area contributed by atoms with Crippen LogP contribution in [0.25, 0.3) is 33.4 Å². The van der Waals surface area contributed by atoms with Crippen molar-refractivity contribution in [3.8, 4) is 39.1 Å². The molecule has 204 valence electrons. The number of benzene rings is 4. The summed E-state index contributed by atoms with van der Waals surface area (Å²) >= 11 is 0. The zero-order valence-corrected chi connectivity index (χ0v) is 23.3. The van der Waals surface area contributed by atoms with Gasteiger partial charge in [-0.15, -0.1) is 0 Å². The van der Waals surface area contributed by atoms with Crippen LogP contribution in [0.15, 0.2) is 84.9 Å². The van der Waals surface area contributed by atoms with Crippen LogP contribution in [0.2, 0.25) is 0 Å². The third kappa shape index (κ3) is 7.79. The molecule has 0 heterocycles. The molecule has 0 aliphatic carbocycles. The fourth-order valence-electron chi connectivity index (χ4n) is 4.96. The largest absolute Gasteiger partial charge is 0.490 e. The lowest BCUT2D eigenvalue weighted by atomic mass is 9.97.